The molecule has 0 fully saturated rings. The Balaban J connectivity index is 1.91. The molecule has 0 unspecified atom stereocenters. The van der Waals surface area contributed by atoms with Gasteiger partial charge in [-0.25, -0.2) is 4.98 Å². The molecule has 2 aromatic heterocycles. The first kappa shape index (κ1) is 17.5. The number of aromatic nitrogens is 3. The lowest BCUT2D eigenvalue weighted by Crippen LogP contribution is -2.21. The number of H-pyrrole nitrogens is 2. The highest BCUT2D eigenvalue weighted by Crippen LogP contribution is 2.55. The highest BCUT2D eigenvalue weighted by Gasteiger charge is 2.47. The first-order valence-corrected chi connectivity index (χ1v) is 8.23. The standard InChI is InChI=1S/C11H16F2N5O4P/c12-11(13,23(20,21)22)2-1-3-15-4-6-5-16-8-7(6)17-10(14)18-9(8)19/h5,15-16H,1-4H2,(H2,20,21,22)(H3,14,17,18,19). The summed E-state index contributed by atoms with van der Waals surface area (Å²) in [5.74, 6) is -0.0374. The number of aromatic amines is 2. The van der Waals surface area contributed by atoms with Crippen LogP contribution >= 0.6 is 7.60 Å². The number of hydrogen-bond donors (Lipinski definition) is 6. The van der Waals surface area contributed by atoms with Crippen molar-refractivity contribution < 1.29 is 23.1 Å². The van der Waals surface area contributed by atoms with E-state index in [1.807, 2.05) is 0 Å². The van der Waals surface area contributed by atoms with Crippen LogP contribution in [-0.2, 0) is 11.1 Å². The lowest BCUT2D eigenvalue weighted by molar-refractivity contribution is 0.0484. The minimum Gasteiger partial charge on any atom is -0.369 e. The number of hydrogen-bond acceptors (Lipinski definition) is 5. The molecule has 0 aliphatic heterocycles. The van der Waals surface area contributed by atoms with Crippen LogP contribution in [-0.4, -0.2) is 36.9 Å². The second kappa shape index (κ2) is 6.36. The van der Waals surface area contributed by atoms with E-state index in [2.05, 4.69) is 20.3 Å². The van der Waals surface area contributed by atoms with Crippen molar-refractivity contribution in [2.24, 2.45) is 0 Å². The van der Waals surface area contributed by atoms with Crippen molar-refractivity contribution in [1.29, 1.82) is 0 Å². The number of nitrogens with one attached hydrogen (secondary N) is 3. The molecule has 12 heteroatoms. The van der Waals surface area contributed by atoms with Crippen molar-refractivity contribution in [1.82, 2.24) is 20.3 Å². The van der Waals surface area contributed by atoms with Gasteiger partial charge in [0.2, 0.25) is 5.95 Å². The summed E-state index contributed by atoms with van der Waals surface area (Å²) in [7, 11) is -5.44. The second-order valence-corrected chi connectivity index (χ2v) is 6.72. The smallest absolute Gasteiger partial charge is 0.369 e. The average molecular weight is 351 g/mol. The Labute approximate surface area is 128 Å². The van der Waals surface area contributed by atoms with Crippen LogP contribution in [0.4, 0.5) is 14.7 Å². The van der Waals surface area contributed by atoms with Crippen molar-refractivity contribution in [3.63, 3.8) is 0 Å². The Bertz CT molecular complexity index is 799. The molecule has 9 nitrogen and oxygen atoms in total. The third-order valence-electron chi connectivity index (χ3n) is 3.21. The summed E-state index contributed by atoms with van der Waals surface area (Å²) >= 11 is 0. The van der Waals surface area contributed by atoms with Gasteiger partial charge in [-0.15, -0.1) is 0 Å². The summed E-state index contributed by atoms with van der Waals surface area (Å²) in [5, 5.41) is 2.84. The molecule has 7 N–H and O–H groups in total. The topological polar surface area (TPSA) is 157 Å². The Morgan fingerprint density at radius 2 is 2.13 bits per heavy atom. The predicted octanol–water partition coefficient (Wildman–Crippen LogP) is 0.474. The van der Waals surface area contributed by atoms with Crippen LogP contribution < -0.4 is 16.6 Å². The van der Waals surface area contributed by atoms with Gasteiger partial charge in [-0.05, 0) is 13.0 Å². The van der Waals surface area contributed by atoms with E-state index in [0.717, 1.165) is 0 Å². The summed E-state index contributed by atoms with van der Waals surface area (Å²) in [4.78, 5) is 37.7. The van der Waals surface area contributed by atoms with E-state index in [9.17, 15) is 18.1 Å². The third kappa shape index (κ3) is 3.94. The number of nitrogens with two attached hydrogens (primary N) is 1. The van der Waals surface area contributed by atoms with E-state index in [-0.39, 0.29) is 31.0 Å². The molecule has 0 aromatic carbocycles. The van der Waals surface area contributed by atoms with E-state index in [4.69, 9.17) is 15.5 Å². The Morgan fingerprint density at radius 1 is 1.43 bits per heavy atom. The van der Waals surface area contributed by atoms with Gasteiger partial charge in [0.05, 0.1) is 0 Å². The second-order valence-electron chi connectivity index (χ2n) is 4.98. The summed E-state index contributed by atoms with van der Waals surface area (Å²) in [6, 6.07) is 0. The van der Waals surface area contributed by atoms with Crippen LogP contribution in [0.1, 0.15) is 18.4 Å². The fraction of sp³-hybridized carbons (Fsp3) is 0.455. The minimum absolute atomic E-state index is 0.0374. The Hall–Kier alpha value is -1.81. The summed E-state index contributed by atoms with van der Waals surface area (Å²) in [5.41, 5.74) is 2.27. The zero-order valence-corrected chi connectivity index (χ0v) is 12.7. The van der Waals surface area contributed by atoms with Crippen molar-refractivity contribution in [3.05, 3.63) is 22.1 Å². The number of rotatable bonds is 7. The van der Waals surface area contributed by atoms with Gasteiger partial charge in [-0.1, -0.05) is 0 Å². The predicted molar refractivity (Wildman–Crippen MR) is 79.1 cm³/mol. The summed E-state index contributed by atoms with van der Waals surface area (Å²) in [6.45, 7) is 0.346. The molecule has 0 amide bonds. The zero-order chi connectivity index (χ0) is 17.3. The lowest BCUT2D eigenvalue weighted by Gasteiger charge is -2.17. The van der Waals surface area contributed by atoms with Gasteiger partial charge >= 0.3 is 13.3 Å². The molecule has 2 heterocycles. The van der Waals surface area contributed by atoms with Gasteiger partial charge in [0.1, 0.15) is 11.0 Å². The number of nitrogen functional groups attached to an aromatic ring is 1. The van der Waals surface area contributed by atoms with Gasteiger partial charge in [0.25, 0.3) is 5.56 Å². The molecule has 0 atom stereocenters. The van der Waals surface area contributed by atoms with Crippen LogP contribution in [0.2, 0.25) is 0 Å². The van der Waals surface area contributed by atoms with Crippen LogP contribution in [0, 0.1) is 0 Å². The Morgan fingerprint density at radius 3 is 2.78 bits per heavy atom. The number of anilines is 1. The Kier molecular flexibility index (Phi) is 4.85. The number of alkyl halides is 2. The zero-order valence-electron chi connectivity index (χ0n) is 11.8. The molecule has 0 aliphatic rings. The summed E-state index contributed by atoms with van der Waals surface area (Å²) in [6.07, 6.45) is 0.489. The number of halogens is 2. The highest BCUT2D eigenvalue weighted by molar-refractivity contribution is 7.53. The molecule has 0 aliphatic carbocycles. The molecular formula is C11H16F2N5O4P. The molecule has 23 heavy (non-hydrogen) atoms. The molecule has 2 rings (SSSR count). The monoisotopic (exact) mass is 351 g/mol. The average Bonchev–Trinajstić information content (AvgIpc) is 2.80. The maximum atomic E-state index is 13.1. The highest BCUT2D eigenvalue weighted by atomic mass is 31.2. The SMILES string of the molecule is Nc1nc2c(CNCCCC(F)(F)P(=O)(O)O)c[nH]c2c(=O)[nH]1. The molecule has 0 radical (unpaired) electrons. The van der Waals surface area contributed by atoms with Gasteiger partial charge in [0.15, 0.2) is 0 Å². The van der Waals surface area contributed by atoms with Crippen molar-refractivity contribution in [2.75, 3.05) is 12.3 Å². The van der Waals surface area contributed by atoms with Crippen molar-refractivity contribution in [2.45, 2.75) is 25.1 Å². The maximum absolute atomic E-state index is 13.1. The molecule has 128 valence electrons. The first-order valence-electron chi connectivity index (χ1n) is 6.62. The van der Waals surface area contributed by atoms with Gasteiger partial charge in [0, 0.05) is 24.7 Å². The molecule has 0 saturated carbocycles. The van der Waals surface area contributed by atoms with Crippen LogP contribution in [0.15, 0.2) is 11.0 Å². The quantitative estimate of drug-likeness (QED) is 0.313. The van der Waals surface area contributed by atoms with E-state index >= 15 is 0 Å². The van der Waals surface area contributed by atoms with E-state index in [0.29, 0.717) is 11.1 Å². The number of nitrogens with zero attached hydrogens (tertiary/aromatic N) is 1. The first-order chi connectivity index (χ1) is 10.6. The lowest BCUT2D eigenvalue weighted by atomic mass is 10.2. The molecular weight excluding hydrogens is 335 g/mol. The molecule has 0 saturated heterocycles. The van der Waals surface area contributed by atoms with Crippen LogP contribution in [0.5, 0.6) is 0 Å². The van der Waals surface area contributed by atoms with E-state index in [1.165, 1.54) is 0 Å². The maximum Gasteiger partial charge on any atom is 0.394 e. The fourth-order valence-corrected chi connectivity index (χ4v) is 2.46. The fourth-order valence-electron chi connectivity index (χ4n) is 2.01. The van der Waals surface area contributed by atoms with E-state index in [1.54, 1.807) is 6.20 Å². The van der Waals surface area contributed by atoms with Gasteiger partial charge in [-0.2, -0.15) is 8.78 Å². The molecule has 0 spiro atoms. The third-order valence-corrected chi connectivity index (χ3v) is 4.28. The number of fused-ring (bicyclic) bond motifs is 1. The van der Waals surface area contributed by atoms with Crippen LogP contribution in [0.25, 0.3) is 11.0 Å². The minimum atomic E-state index is -5.44. The normalized spacial score (nSPS) is 12.9. The van der Waals surface area contributed by atoms with Gasteiger partial charge in [-0.3, -0.25) is 14.3 Å². The molecule has 0 bridgehead atoms. The van der Waals surface area contributed by atoms with Gasteiger partial charge < -0.3 is 25.8 Å². The van der Waals surface area contributed by atoms with Crippen LogP contribution in [0.3, 0.4) is 0 Å². The van der Waals surface area contributed by atoms with E-state index < -0.39 is 25.2 Å². The van der Waals surface area contributed by atoms with Crippen molar-refractivity contribution >= 4 is 24.6 Å². The molecule has 2 aromatic rings. The van der Waals surface area contributed by atoms with Crippen molar-refractivity contribution in [3.8, 4) is 0 Å². The summed E-state index contributed by atoms with van der Waals surface area (Å²) < 4.78 is 36.7. The largest absolute Gasteiger partial charge is 0.394 e.